The first-order valence-corrected chi connectivity index (χ1v) is 6.96. The zero-order chi connectivity index (χ0) is 13.8. The Morgan fingerprint density at radius 2 is 2.10 bits per heavy atom. The molecule has 0 bridgehead atoms. The van der Waals surface area contributed by atoms with Crippen molar-refractivity contribution in [3.8, 4) is 0 Å². The molecule has 3 heteroatoms. The second kappa shape index (κ2) is 5.88. The van der Waals surface area contributed by atoms with Crippen LogP contribution >= 0.6 is 0 Å². The minimum Gasteiger partial charge on any atom is -0.472 e. The first kappa shape index (κ1) is 12.9. The van der Waals surface area contributed by atoms with E-state index in [-0.39, 0.29) is 6.04 Å². The summed E-state index contributed by atoms with van der Waals surface area (Å²) in [5.74, 6) is 0. The van der Waals surface area contributed by atoms with Crippen LogP contribution in [0, 0.1) is 0 Å². The van der Waals surface area contributed by atoms with Crippen molar-refractivity contribution in [2.24, 2.45) is 0 Å². The molecule has 0 amide bonds. The van der Waals surface area contributed by atoms with E-state index < -0.39 is 0 Å². The van der Waals surface area contributed by atoms with E-state index in [1.54, 1.807) is 12.5 Å². The van der Waals surface area contributed by atoms with E-state index in [1.165, 1.54) is 16.3 Å². The molecule has 0 aliphatic carbocycles. The molecule has 1 atom stereocenters. The summed E-state index contributed by atoms with van der Waals surface area (Å²) in [6, 6.07) is 12.6. The van der Waals surface area contributed by atoms with Crippen LogP contribution in [0.1, 0.15) is 24.2 Å². The summed E-state index contributed by atoms with van der Waals surface area (Å²) in [6.45, 7) is 3.03. The Bertz CT molecular complexity index is 671. The van der Waals surface area contributed by atoms with Crippen molar-refractivity contribution < 1.29 is 4.42 Å². The van der Waals surface area contributed by atoms with Gasteiger partial charge in [-0.2, -0.15) is 0 Å². The fourth-order valence-electron chi connectivity index (χ4n) is 2.58. The zero-order valence-electron chi connectivity index (χ0n) is 11.5. The maximum absolute atomic E-state index is 5.17. The van der Waals surface area contributed by atoms with E-state index in [1.807, 2.05) is 12.3 Å². The minimum atomic E-state index is 0.198. The second-order valence-corrected chi connectivity index (χ2v) is 4.86. The predicted molar refractivity (Wildman–Crippen MR) is 80.6 cm³/mol. The predicted octanol–water partition coefficient (Wildman–Crippen LogP) is 3.72. The molecule has 1 aromatic carbocycles. The summed E-state index contributed by atoms with van der Waals surface area (Å²) in [4.78, 5) is 4.61. The van der Waals surface area contributed by atoms with Gasteiger partial charge in [0.2, 0.25) is 0 Å². The lowest BCUT2D eigenvalue weighted by molar-refractivity contribution is 0.529. The molecule has 0 fully saturated rings. The highest BCUT2D eigenvalue weighted by molar-refractivity contribution is 5.84. The highest BCUT2D eigenvalue weighted by atomic mass is 16.3. The third-order valence-corrected chi connectivity index (χ3v) is 3.50. The van der Waals surface area contributed by atoms with E-state index >= 15 is 0 Å². The summed E-state index contributed by atoms with van der Waals surface area (Å²) >= 11 is 0. The molecule has 2 heterocycles. The molecule has 3 nitrogen and oxygen atoms in total. The van der Waals surface area contributed by atoms with Gasteiger partial charge in [0, 0.05) is 11.6 Å². The first-order valence-electron chi connectivity index (χ1n) is 6.96. The van der Waals surface area contributed by atoms with Gasteiger partial charge in [0.15, 0.2) is 0 Å². The van der Waals surface area contributed by atoms with Gasteiger partial charge in [-0.25, -0.2) is 0 Å². The number of hydrogen-bond donors (Lipinski definition) is 1. The molecule has 0 saturated carbocycles. The van der Waals surface area contributed by atoms with Crippen LogP contribution in [0.15, 0.2) is 59.5 Å². The average molecular weight is 266 g/mol. The second-order valence-electron chi connectivity index (χ2n) is 4.86. The Hall–Kier alpha value is -2.13. The topological polar surface area (TPSA) is 38.1 Å². The van der Waals surface area contributed by atoms with E-state index in [4.69, 9.17) is 4.42 Å². The molecule has 3 aromatic rings. The molecule has 0 radical (unpaired) electrons. The number of likely N-dealkylation sites (N-methyl/N-ethyl adjacent to an activating group) is 1. The molecule has 1 N–H and O–H groups in total. The van der Waals surface area contributed by atoms with Crippen molar-refractivity contribution in [1.82, 2.24) is 10.3 Å². The standard InChI is InChI=1S/C17H18N2O/c1-2-18-16(11-13-8-10-20-12-13)17-15-6-4-3-5-14(15)7-9-19-17/h3-10,12,16,18H,2,11H2,1H3. The van der Waals surface area contributed by atoms with Gasteiger partial charge in [-0.1, -0.05) is 31.2 Å². The Morgan fingerprint density at radius 3 is 2.90 bits per heavy atom. The number of fused-ring (bicyclic) bond motifs is 1. The van der Waals surface area contributed by atoms with Gasteiger partial charge in [0.05, 0.1) is 24.3 Å². The van der Waals surface area contributed by atoms with Crippen molar-refractivity contribution in [1.29, 1.82) is 0 Å². The smallest absolute Gasteiger partial charge is 0.0935 e. The van der Waals surface area contributed by atoms with Gasteiger partial charge in [-0.3, -0.25) is 4.98 Å². The third kappa shape index (κ3) is 2.58. The number of nitrogens with one attached hydrogen (secondary N) is 1. The van der Waals surface area contributed by atoms with Crippen LogP contribution in [0.3, 0.4) is 0 Å². The van der Waals surface area contributed by atoms with E-state index in [9.17, 15) is 0 Å². The average Bonchev–Trinajstić information content (AvgIpc) is 2.99. The van der Waals surface area contributed by atoms with Gasteiger partial charge < -0.3 is 9.73 Å². The maximum Gasteiger partial charge on any atom is 0.0935 e. The van der Waals surface area contributed by atoms with Crippen LogP contribution in [-0.4, -0.2) is 11.5 Å². The van der Waals surface area contributed by atoms with Crippen molar-refractivity contribution in [3.63, 3.8) is 0 Å². The molecule has 102 valence electrons. The fourth-order valence-corrected chi connectivity index (χ4v) is 2.58. The molecule has 2 aromatic heterocycles. The molecule has 0 spiro atoms. The van der Waals surface area contributed by atoms with Gasteiger partial charge in [-0.15, -0.1) is 0 Å². The Labute approximate surface area is 118 Å². The first-order chi connectivity index (χ1) is 9.88. The summed E-state index contributed by atoms with van der Waals surface area (Å²) in [5, 5.41) is 5.97. The Morgan fingerprint density at radius 1 is 1.20 bits per heavy atom. The summed E-state index contributed by atoms with van der Waals surface area (Å²) in [5.41, 5.74) is 2.29. The molecule has 0 aliphatic rings. The van der Waals surface area contributed by atoms with Crippen molar-refractivity contribution in [2.75, 3.05) is 6.54 Å². The number of hydrogen-bond acceptors (Lipinski definition) is 3. The van der Waals surface area contributed by atoms with Gasteiger partial charge in [0.1, 0.15) is 0 Å². The van der Waals surface area contributed by atoms with Crippen molar-refractivity contribution >= 4 is 10.8 Å². The number of benzene rings is 1. The minimum absolute atomic E-state index is 0.198. The van der Waals surface area contributed by atoms with Gasteiger partial charge in [0.25, 0.3) is 0 Å². The molecule has 1 unspecified atom stereocenters. The molecular formula is C17H18N2O. The van der Waals surface area contributed by atoms with Crippen LogP contribution < -0.4 is 5.32 Å². The number of rotatable bonds is 5. The summed E-state index contributed by atoms with van der Waals surface area (Å²) in [7, 11) is 0. The monoisotopic (exact) mass is 266 g/mol. The molecular weight excluding hydrogens is 248 g/mol. The van der Waals surface area contributed by atoms with Crippen LogP contribution in [0.25, 0.3) is 10.8 Å². The highest BCUT2D eigenvalue weighted by Gasteiger charge is 2.15. The number of furan rings is 1. The number of nitrogens with zero attached hydrogens (tertiary/aromatic N) is 1. The molecule has 20 heavy (non-hydrogen) atoms. The van der Waals surface area contributed by atoms with Gasteiger partial charge >= 0.3 is 0 Å². The lowest BCUT2D eigenvalue weighted by atomic mass is 10.00. The Balaban J connectivity index is 2.00. The quantitative estimate of drug-likeness (QED) is 0.764. The third-order valence-electron chi connectivity index (χ3n) is 3.50. The van der Waals surface area contributed by atoms with Crippen LogP contribution in [0.5, 0.6) is 0 Å². The molecule has 0 saturated heterocycles. The van der Waals surface area contributed by atoms with E-state index in [0.29, 0.717) is 0 Å². The SMILES string of the molecule is CCNC(Cc1ccoc1)c1nccc2ccccc12. The van der Waals surface area contributed by atoms with Crippen LogP contribution in [-0.2, 0) is 6.42 Å². The normalized spacial score (nSPS) is 12.7. The largest absolute Gasteiger partial charge is 0.472 e. The van der Waals surface area contributed by atoms with E-state index in [2.05, 4.69) is 47.6 Å². The van der Waals surface area contributed by atoms with E-state index in [0.717, 1.165) is 18.7 Å². The van der Waals surface area contributed by atoms with Crippen LogP contribution in [0.2, 0.25) is 0 Å². The maximum atomic E-state index is 5.17. The van der Waals surface area contributed by atoms with Crippen molar-refractivity contribution in [2.45, 2.75) is 19.4 Å². The van der Waals surface area contributed by atoms with Crippen molar-refractivity contribution in [3.05, 3.63) is 66.4 Å². The molecule has 0 aliphatic heterocycles. The molecule has 3 rings (SSSR count). The highest BCUT2D eigenvalue weighted by Crippen LogP contribution is 2.24. The summed E-state index contributed by atoms with van der Waals surface area (Å²) in [6.07, 6.45) is 6.28. The zero-order valence-corrected chi connectivity index (χ0v) is 11.5. The summed E-state index contributed by atoms with van der Waals surface area (Å²) < 4.78 is 5.17. The van der Waals surface area contributed by atoms with Gasteiger partial charge in [-0.05, 0) is 36.0 Å². The lowest BCUT2D eigenvalue weighted by Crippen LogP contribution is -2.24. The van der Waals surface area contributed by atoms with Crippen LogP contribution in [0.4, 0.5) is 0 Å². The fraction of sp³-hybridized carbons (Fsp3) is 0.235. The Kier molecular flexibility index (Phi) is 3.79. The number of aromatic nitrogens is 1. The number of pyridine rings is 1. The lowest BCUT2D eigenvalue weighted by Gasteiger charge is -2.18.